The number of carbonyl (C=O) groups excluding carboxylic acids is 3. The molecule has 1 saturated carbocycles. The minimum atomic E-state index is -1.08. The van der Waals surface area contributed by atoms with Crippen molar-refractivity contribution in [2.24, 2.45) is 5.92 Å². The molecule has 0 bridgehead atoms. The zero-order valence-corrected chi connectivity index (χ0v) is 14.3. The highest BCUT2D eigenvalue weighted by atomic mass is 35.5. The first-order chi connectivity index (χ1) is 10.8. The minimum absolute atomic E-state index is 0.197. The van der Waals surface area contributed by atoms with Crippen molar-refractivity contribution in [2.75, 3.05) is 13.2 Å². The van der Waals surface area contributed by atoms with Crippen LogP contribution in [0.4, 0.5) is 4.79 Å². The Morgan fingerprint density at radius 3 is 2.48 bits per heavy atom. The summed E-state index contributed by atoms with van der Waals surface area (Å²) in [5, 5.41) is 5.12. The molecule has 0 aromatic heterocycles. The lowest BCUT2D eigenvalue weighted by molar-refractivity contribution is -0.145. The highest BCUT2D eigenvalue weighted by Gasteiger charge is 2.57. The molecular weight excluding hydrogens is 347 g/mol. The Balaban J connectivity index is 2.13. The quantitative estimate of drug-likeness (QED) is 0.551. The summed E-state index contributed by atoms with van der Waals surface area (Å²) < 4.78 is 9.05. The van der Waals surface area contributed by atoms with Gasteiger partial charge in [-0.1, -0.05) is 6.92 Å². The number of halogens is 2. The van der Waals surface area contributed by atoms with Gasteiger partial charge in [0, 0.05) is 0 Å². The Hall–Kier alpha value is -1.47. The second-order valence-corrected chi connectivity index (χ2v) is 6.84. The molecule has 2 aliphatic rings. The van der Waals surface area contributed by atoms with E-state index in [1.165, 1.54) is 0 Å². The van der Waals surface area contributed by atoms with Crippen molar-refractivity contribution in [3.63, 3.8) is 0 Å². The van der Waals surface area contributed by atoms with E-state index < -0.39 is 34.3 Å². The van der Waals surface area contributed by atoms with Gasteiger partial charge in [0.05, 0.1) is 29.8 Å². The zero-order chi connectivity index (χ0) is 17.2. The Kier molecular flexibility index (Phi) is 5.41. The van der Waals surface area contributed by atoms with Gasteiger partial charge in [-0.2, -0.15) is 0 Å². The third kappa shape index (κ3) is 4.09. The maximum Gasteiger partial charge on any atom is 0.338 e. The van der Waals surface area contributed by atoms with Crippen LogP contribution in [-0.4, -0.2) is 41.6 Å². The molecule has 9 heteroatoms. The van der Waals surface area contributed by atoms with Gasteiger partial charge in [0.2, 0.25) is 0 Å². The van der Waals surface area contributed by atoms with Gasteiger partial charge in [0.1, 0.15) is 10.9 Å². The summed E-state index contributed by atoms with van der Waals surface area (Å²) >= 11 is 11.6. The molecule has 0 aromatic carbocycles. The van der Waals surface area contributed by atoms with Crippen LogP contribution >= 0.6 is 23.2 Å². The van der Waals surface area contributed by atoms with E-state index in [0.717, 1.165) is 0 Å². The van der Waals surface area contributed by atoms with Gasteiger partial charge >= 0.3 is 18.0 Å². The van der Waals surface area contributed by atoms with Crippen molar-refractivity contribution < 1.29 is 23.9 Å². The van der Waals surface area contributed by atoms with E-state index in [4.69, 9.17) is 32.7 Å². The number of hydrogen-bond acceptors (Lipinski definition) is 5. The molecule has 1 aliphatic carbocycles. The molecule has 1 heterocycles. The second kappa shape index (κ2) is 6.97. The molecule has 7 nitrogen and oxygen atoms in total. The standard InChI is InChI=1S/C14H18Cl2N2O5/c1-3-8-10(12(20)22-4-2)9(18-13(21)17-8)6-23-11(19)7-5-14(7,15)16/h7-8H,3-6H2,1-2H3,(H2,17,18,21)/t7-,8-/m1/s1. The molecular formula is C14H18Cl2N2O5. The number of alkyl halides is 2. The molecule has 0 unspecified atom stereocenters. The number of hydrogen-bond donors (Lipinski definition) is 2. The van der Waals surface area contributed by atoms with Crippen molar-refractivity contribution in [3.05, 3.63) is 11.3 Å². The van der Waals surface area contributed by atoms with Crippen molar-refractivity contribution in [3.8, 4) is 0 Å². The number of urea groups is 1. The number of carbonyl (C=O) groups is 3. The lowest BCUT2D eigenvalue weighted by atomic mass is 10.0. The van der Waals surface area contributed by atoms with E-state index in [0.29, 0.717) is 12.8 Å². The third-order valence-electron chi connectivity index (χ3n) is 3.62. The molecule has 2 amide bonds. The summed E-state index contributed by atoms with van der Waals surface area (Å²) in [7, 11) is 0. The monoisotopic (exact) mass is 364 g/mol. The number of rotatable bonds is 6. The van der Waals surface area contributed by atoms with E-state index in [1.807, 2.05) is 6.92 Å². The summed E-state index contributed by atoms with van der Waals surface area (Å²) in [5.41, 5.74) is 0.461. The van der Waals surface area contributed by atoms with Gasteiger partial charge in [-0.3, -0.25) is 4.79 Å². The van der Waals surface area contributed by atoms with E-state index in [2.05, 4.69) is 10.6 Å². The van der Waals surface area contributed by atoms with Gasteiger partial charge < -0.3 is 20.1 Å². The summed E-state index contributed by atoms with van der Waals surface area (Å²) in [4.78, 5) is 35.6. The molecule has 2 N–H and O–H groups in total. The van der Waals surface area contributed by atoms with Crippen LogP contribution in [0.3, 0.4) is 0 Å². The Morgan fingerprint density at radius 1 is 1.30 bits per heavy atom. The number of amides is 2. The van der Waals surface area contributed by atoms with E-state index in [-0.39, 0.29) is 24.5 Å². The minimum Gasteiger partial charge on any atom is -0.463 e. The van der Waals surface area contributed by atoms with E-state index >= 15 is 0 Å². The zero-order valence-electron chi connectivity index (χ0n) is 12.8. The van der Waals surface area contributed by atoms with E-state index in [1.54, 1.807) is 6.92 Å². The predicted octanol–water partition coefficient (Wildman–Crippen LogP) is 1.63. The fraction of sp³-hybridized carbons (Fsp3) is 0.643. The normalized spacial score (nSPS) is 25.3. The smallest absolute Gasteiger partial charge is 0.338 e. The fourth-order valence-electron chi connectivity index (χ4n) is 2.29. The summed E-state index contributed by atoms with van der Waals surface area (Å²) in [5.74, 6) is -1.71. The largest absolute Gasteiger partial charge is 0.463 e. The maximum absolute atomic E-state index is 12.1. The van der Waals surface area contributed by atoms with Crippen LogP contribution < -0.4 is 10.6 Å². The second-order valence-electron chi connectivity index (χ2n) is 5.30. The number of nitrogens with one attached hydrogen (secondary N) is 2. The van der Waals surface area contributed by atoms with Crippen LogP contribution in [0.25, 0.3) is 0 Å². The molecule has 1 aliphatic heterocycles. The summed E-state index contributed by atoms with van der Waals surface area (Å²) in [6, 6.07) is -0.969. The van der Waals surface area contributed by atoms with Crippen LogP contribution in [-0.2, 0) is 19.1 Å². The first-order valence-corrected chi connectivity index (χ1v) is 8.07. The molecule has 128 valence electrons. The van der Waals surface area contributed by atoms with Crippen molar-refractivity contribution in [2.45, 2.75) is 37.1 Å². The molecule has 0 radical (unpaired) electrons. The number of esters is 2. The predicted molar refractivity (Wildman–Crippen MR) is 82.9 cm³/mol. The van der Waals surface area contributed by atoms with Gasteiger partial charge in [0.25, 0.3) is 0 Å². The molecule has 2 rings (SSSR count). The lowest BCUT2D eigenvalue weighted by Gasteiger charge is -2.28. The summed E-state index contributed by atoms with van der Waals surface area (Å²) in [6.07, 6.45) is 0.818. The molecule has 1 fully saturated rings. The van der Waals surface area contributed by atoms with Gasteiger partial charge in [-0.05, 0) is 19.8 Å². The summed E-state index contributed by atoms with van der Waals surface area (Å²) in [6.45, 7) is 3.44. The van der Waals surface area contributed by atoms with Gasteiger partial charge in [0.15, 0.2) is 0 Å². The SMILES string of the molecule is CCOC(=O)C1=C(COC(=O)[C@H]2CC2(Cl)Cl)NC(=O)N[C@@H]1CC. The topological polar surface area (TPSA) is 93.7 Å². The van der Waals surface area contributed by atoms with Crippen molar-refractivity contribution in [1.29, 1.82) is 0 Å². The van der Waals surface area contributed by atoms with Crippen LogP contribution in [0.2, 0.25) is 0 Å². The first kappa shape index (κ1) is 17.9. The Bertz CT molecular complexity index is 561. The Labute approximate surface area is 143 Å². The average molecular weight is 365 g/mol. The van der Waals surface area contributed by atoms with Crippen LogP contribution in [0.1, 0.15) is 26.7 Å². The van der Waals surface area contributed by atoms with Gasteiger partial charge in [-0.25, -0.2) is 9.59 Å². The van der Waals surface area contributed by atoms with Crippen LogP contribution in [0.5, 0.6) is 0 Å². The highest BCUT2D eigenvalue weighted by Crippen LogP contribution is 2.53. The van der Waals surface area contributed by atoms with E-state index in [9.17, 15) is 14.4 Å². The molecule has 2 atom stereocenters. The molecule has 23 heavy (non-hydrogen) atoms. The lowest BCUT2D eigenvalue weighted by Crippen LogP contribution is -2.51. The molecule has 0 aromatic rings. The Morgan fingerprint density at radius 2 is 1.96 bits per heavy atom. The maximum atomic E-state index is 12.1. The average Bonchev–Trinajstić information content (AvgIpc) is 3.13. The fourth-order valence-corrected chi connectivity index (χ4v) is 2.78. The molecule has 0 saturated heterocycles. The van der Waals surface area contributed by atoms with Gasteiger partial charge in [-0.15, -0.1) is 23.2 Å². The van der Waals surface area contributed by atoms with Crippen molar-refractivity contribution in [1.82, 2.24) is 10.6 Å². The van der Waals surface area contributed by atoms with Crippen molar-refractivity contribution >= 4 is 41.2 Å². The first-order valence-electron chi connectivity index (χ1n) is 7.32. The third-order valence-corrected chi connectivity index (χ3v) is 4.45. The van der Waals surface area contributed by atoms with Crippen LogP contribution in [0, 0.1) is 5.92 Å². The highest BCUT2D eigenvalue weighted by molar-refractivity contribution is 6.52. The molecule has 0 spiro atoms. The van der Waals surface area contributed by atoms with Crippen LogP contribution in [0.15, 0.2) is 11.3 Å². The number of ether oxygens (including phenoxy) is 2.